The maximum atomic E-state index is 12.0. The molecular formula is C13H22N2O4. The van der Waals surface area contributed by atoms with Crippen LogP contribution in [0.5, 0.6) is 0 Å². The highest BCUT2D eigenvalue weighted by atomic mass is 16.4. The molecule has 0 heterocycles. The number of rotatable bonds is 6. The normalized spacial score (nSPS) is 23.7. The lowest BCUT2D eigenvalue weighted by Crippen LogP contribution is -2.47. The molecule has 0 aromatic rings. The lowest BCUT2D eigenvalue weighted by Gasteiger charge is -2.19. The third kappa shape index (κ3) is 4.22. The Morgan fingerprint density at radius 2 is 1.89 bits per heavy atom. The van der Waals surface area contributed by atoms with Crippen molar-refractivity contribution in [1.29, 1.82) is 0 Å². The molecule has 1 aliphatic rings. The van der Waals surface area contributed by atoms with Gasteiger partial charge in [-0.3, -0.25) is 14.4 Å². The molecule has 6 nitrogen and oxygen atoms in total. The third-order valence-corrected chi connectivity index (χ3v) is 3.47. The summed E-state index contributed by atoms with van der Waals surface area (Å²) in [6.07, 6.45) is 2.68. The first kappa shape index (κ1) is 15.5. The van der Waals surface area contributed by atoms with Crippen LogP contribution in [-0.2, 0) is 14.4 Å². The van der Waals surface area contributed by atoms with E-state index in [1.807, 2.05) is 6.92 Å². The van der Waals surface area contributed by atoms with Crippen molar-refractivity contribution in [3.63, 3.8) is 0 Å². The van der Waals surface area contributed by atoms with Crippen LogP contribution < -0.4 is 10.6 Å². The van der Waals surface area contributed by atoms with Gasteiger partial charge in [-0.15, -0.1) is 0 Å². The molecule has 0 aromatic heterocycles. The Kier molecular flexibility index (Phi) is 5.79. The molecule has 1 fully saturated rings. The van der Waals surface area contributed by atoms with Crippen molar-refractivity contribution in [3.8, 4) is 0 Å². The molecule has 0 radical (unpaired) electrons. The lowest BCUT2D eigenvalue weighted by atomic mass is 9.95. The number of amides is 2. The van der Waals surface area contributed by atoms with E-state index in [2.05, 4.69) is 10.6 Å². The van der Waals surface area contributed by atoms with Gasteiger partial charge in [-0.05, 0) is 26.2 Å². The smallest absolute Gasteiger partial charge is 0.307 e. The molecule has 1 aliphatic carbocycles. The van der Waals surface area contributed by atoms with Gasteiger partial charge in [0.1, 0.15) is 6.04 Å². The minimum atomic E-state index is -0.930. The average Bonchev–Trinajstić information content (AvgIpc) is 2.84. The fraction of sp³-hybridized carbons (Fsp3) is 0.769. The second-order valence-corrected chi connectivity index (χ2v) is 5.00. The largest absolute Gasteiger partial charge is 0.481 e. The maximum Gasteiger partial charge on any atom is 0.307 e. The van der Waals surface area contributed by atoms with Gasteiger partial charge in [0, 0.05) is 6.54 Å². The van der Waals surface area contributed by atoms with E-state index < -0.39 is 23.8 Å². The number of carbonyl (C=O) groups excluding carboxylic acids is 2. The summed E-state index contributed by atoms with van der Waals surface area (Å²) >= 11 is 0. The van der Waals surface area contributed by atoms with Crippen LogP contribution in [-0.4, -0.2) is 35.5 Å². The van der Waals surface area contributed by atoms with Crippen molar-refractivity contribution < 1.29 is 19.5 Å². The molecule has 0 spiro atoms. The highest BCUT2D eigenvalue weighted by Gasteiger charge is 2.38. The first-order chi connectivity index (χ1) is 8.97. The van der Waals surface area contributed by atoms with E-state index in [9.17, 15) is 14.4 Å². The molecule has 6 heteroatoms. The molecule has 108 valence electrons. The molecule has 0 aliphatic heterocycles. The van der Waals surface area contributed by atoms with Crippen LogP contribution in [0.3, 0.4) is 0 Å². The highest BCUT2D eigenvalue weighted by molar-refractivity contribution is 5.90. The molecular weight excluding hydrogens is 248 g/mol. The summed E-state index contributed by atoms with van der Waals surface area (Å²) in [5, 5.41) is 14.3. The van der Waals surface area contributed by atoms with Gasteiger partial charge in [0.25, 0.3) is 0 Å². The van der Waals surface area contributed by atoms with E-state index in [-0.39, 0.29) is 11.8 Å². The zero-order valence-electron chi connectivity index (χ0n) is 11.4. The molecule has 19 heavy (non-hydrogen) atoms. The predicted molar refractivity (Wildman–Crippen MR) is 69.4 cm³/mol. The van der Waals surface area contributed by atoms with Crippen LogP contribution >= 0.6 is 0 Å². The Morgan fingerprint density at radius 3 is 2.47 bits per heavy atom. The van der Waals surface area contributed by atoms with Crippen molar-refractivity contribution in [2.24, 2.45) is 11.8 Å². The molecule has 0 saturated heterocycles. The SMILES string of the molecule is CCCNC(=O)C(C)NC(=O)[C@@H]1CCC[C@@H]1C(=O)O. The summed E-state index contributed by atoms with van der Waals surface area (Å²) in [7, 11) is 0. The Bertz CT molecular complexity index is 357. The first-order valence-corrected chi connectivity index (χ1v) is 6.78. The molecule has 2 amide bonds. The number of carboxylic acids is 1. The summed E-state index contributed by atoms with van der Waals surface area (Å²) in [6.45, 7) is 4.12. The van der Waals surface area contributed by atoms with E-state index in [0.29, 0.717) is 19.4 Å². The lowest BCUT2D eigenvalue weighted by molar-refractivity contribution is -0.146. The zero-order chi connectivity index (χ0) is 14.4. The number of carboxylic acid groups (broad SMARTS) is 1. The van der Waals surface area contributed by atoms with Crippen molar-refractivity contribution in [2.45, 2.75) is 45.6 Å². The van der Waals surface area contributed by atoms with Crippen LogP contribution in [0.4, 0.5) is 0 Å². The number of carbonyl (C=O) groups is 3. The van der Waals surface area contributed by atoms with Crippen LogP contribution in [0.2, 0.25) is 0 Å². The number of hydrogen-bond acceptors (Lipinski definition) is 3. The van der Waals surface area contributed by atoms with Gasteiger partial charge in [-0.2, -0.15) is 0 Å². The maximum absolute atomic E-state index is 12.0. The predicted octanol–water partition coefficient (Wildman–Crippen LogP) is 0.518. The number of aliphatic carboxylic acids is 1. The topological polar surface area (TPSA) is 95.5 Å². The Hall–Kier alpha value is -1.59. The van der Waals surface area contributed by atoms with E-state index in [0.717, 1.165) is 12.8 Å². The van der Waals surface area contributed by atoms with Gasteiger partial charge >= 0.3 is 5.97 Å². The van der Waals surface area contributed by atoms with Gasteiger partial charge in [0.15, 0.2) is 0 Å². The number of nitrogens with one attached hydrogen (secondary N) is 2. The summed E-state index contributed by atoms with van der Waals surface area (Å²) in [5.74, 6) is -2.63. The first-order valence-electron chi connectivity index (χ1n) is 6.78. The second-order valence-electron chi connectivity index (χ2n) is 5.00. The molecule has 1 unspecified atom stereocenters. The van der Waals surface area contributed by atoms with E-state index in [1.54, 1.807) is 6.92 Å². The summed E-state index contributed by atoms with van der Waals surface area (Å²) in [6, 6.07) is -0.630. The Labute approximate surface area is 112 Å². The summed E-state index contributed by atoms with van der Waals surface area (Å²) < 4.78 is 0. The standard InChI is InChI=1S/C13H22N2O4/c1-3-7-14-11(16)8(2)15-12(17)9-5-4-6-10(9)13(18)19/h8-10H,3-7H2,1-2H3,(H,14,16)(H,15,17)(H,18,19)/t8?,9-,10+/m1/s1. The van der Waals surface area contributed by atoms with Crippen molar-refractivity contribution in [2.75, 3.05) is 6.54 Å². The molecule has 1 rings (SSSR count). The second kappa shape index (κ2) is 7.11. The van der Waals surface area contributed by atoms with Gasteiger partial charge in [-0.1, -0.05) is 13.3 Å². The van der Waals surface area contributed by atoms with E-state index >= 15 is 0 Å². The van der Waals surface area contributed by atoms with Gasteiger partial charge < -0.3 is 15.7 Å². The van der Waals surface area contributed by atoms with Crippen molar-refractivity contribution in [3.05, 3.63) is 0 Å². The van der Waals surface area contributed by atoms with Crippen molar-refractivity contribution in [1.82, 2.24) is 10.6 Å². The van der Waals surface area contributed by atoms with Crippen LogP contribution in [0.15, 0.2) is 0 Å². The molecule has 1 saturated carbocycles. The van der Waals surface area contributed by atoms with Gasteiger partial charge in [-0.25, -0.2) is 0 Å². The van der Waals surface area contributed by atoms with Gasteiger partial charge in [0.05, 0.1) is 11.8 Å². The van der Waals surface area contributed by atoms with Crippen LogP contribution in [0, 0.1) is 11.8 Å². The summed E-state index contributed by atoms with van der Waals surface area (Å²) in [5.41, 5.74) is 0. The quantitative estimate of drug-likeness (QED) is 0.655. The monoisotopic (exact) mass is 270 g/mol. The fourth-order valence-electron chi connectivity index (χ4n) is 2.36. The molecule has 3 N–H and O–H groups in total. The summed E-state index contributed by atoms with van der Waals surface area (Å²) in [4.78, 5) is 34.6. The average molecular weight is 270 g/mol. The molecule has 3 atom stereocenters. The van der Waals surface area contributed by atoms with Crippen LogP contribution in [0.25, 0.3) is 0 Å². The van der Waals surface area contributed by atoms with Gasteiger partial charge in [0.2, 0.25) is 11.8 Å². The minimum Gasteiger partial charge on any atom is -0.481 e. The fourth-order valence-corrected chi connectivity index (χ4v) is 2.36. The highest BCUT2D eigenvalue weighted by Crippen LogP contribution is 2.32. The number of hydrogen-bond donors (Lipinski definition) is 3. The van der Waals surface area contributed by atoms with Crippen LogP contribution in [0.1, 0.15) is 39.5 Å². The third-order valence-electron chi connectivity index (χ3n) is 3.47. The zero-order valence-corrected chi connectivity index (χ0v) is 11.4. The Balaban J connectivity index is 2.50. The molecule has 0 aromatic carbocycles. The van der Waals surface area contributed by atoms with E-state index in [1.165, 1.54) is 0 Å². The van der Waals surface area contributed by atoms with Crippen molar-refractivity contribution >= 4 is 17.8 Å². The Morgan fingerprint density at radius 1 is 1.26 bits per heavy atom. The minimum absolute atomic E-state index is 0.236. The molecule has 0 bridgehead atoms. The van der Waals surface area contributed by atoms with E-state index in [4.69, 9.17) is 5.11 Å².